The molecule has 1 saturated heterocycles. The zero-order chi connectivity index (χ0) is 7.90. The van der Waals surface area contributed by atoms with E-state index in [0.717, 1.165) is 12.0 Å². The Morgan fingerprint density at radius 3 is 2.45 bits per heavy atom. The van der Waals surface area contributed by atoms with Gasteiger partial charge in [0, 0.05) is 12.6 Å². The van der Waals surface area contributed by atoms with Crippen LogP contribution in [0.25, 0.3) is 0 Å². The van der Waals surface area contributed by atoms with Gasteiger partial charge < -0.3 is 5.32 Å². The van der Waals surface area contributed by atoms with E-state index in [4.69, 9.17) is 0 Å². The summed E-state index contributed by atoms with van der Waals surface area (Å²) in [6.45, 7) is 6.02. The van der Waals surface area contributed by atoms with Crippen molar-refractivity contribution >= 4 is 0 Å². The van der Waals surface area contributed by atoms with Gasteiger partial charge in [-0.05, 0) is 30.6 Å². The van der Waals surface area contributed by atoms with Gasteiger partial charge >= 0.3 is 0 Å². The molecule has 1 heteroatoms. The Balaban J connectivity index is 1.93. The lowest BCUT2D eigenvalue weighted by atomic mass is 9.62. The van der Waals surface area contributed by atoms with Gasteiger partial charge in [-0.2, -0.15) is 0 Å². The van der Waals surface area contributed by atoms with Crippen molar-refractivity contribution in [2.45, 2.75) is 45.6 Å². The number of hydrogen-bond donors (Lipinski definition) is 1. The molecule has 0 aromatic carbocycles. The quantitative estimate of drug-likeness (QED) is 0.641. The first-order valence-electron chi connectivity index (χ1n) is 4.99. The van der Waals surface area contributed by atoms with Gasteiger partial charge in [-0.15, -0.1) is 0 Å². The Bertz CT molecular complexity index is 147. The van der Waals surface area contributed by atoms with E-state index in [1.165, 1.54) is 32.2 Å². The third kappa shape index (κ3) is 1.01. The standard InChI is InChI=1S/C10H19N/c1-3-10(2)7-11-9(10)8-5-4-6-8/h8-9,11H,3-7H2,1-2H3. The fraction of sp³-hybridized carbons (Fsp3) is 1.00. The first kappa shape index (κ1) is 7.60. The van der Waals surface area contributed by atoms with Crippen LogP contribution >= 0.6 is 0 Å². The molecule has 0 bridgehead atoms. The van der Waals surface area contributed by atoms with Gasteiger partial charge in [-0.25, -0.2) is 0 Å². The van der Waals surface area contributed by atoms with Crippen molar-refractivity contribution in [2.75, 3.05) is 6.54 Å². The van der Waals surface area contributed by atoms with Crippen molar-refractivity contribution < 1.29 is 0 Å². The minimum Gasteiger partial charge on any atom is -0.313 e. The average molecular weight is 153 g/mol. The molecule has 64 valence electrons. The van der Waals surface area contributed by atoms with Gasteiger partial charge in [0.05, 0.1) is 0 Å². The van der Waals surface area contributed by atoms with Crippen LogP contribution in [0.3, 0.4) is 0 Å². The van der Waals surface area contributed by atoms with Crippen molar-refractivity contribution in [3.8, 4) is 0 Å². The van der Waals surface area contributed by atoms with E-state index >= 15 is 0 Å². The molecule has 1 saturated carbocycles. The normalized spacial score (nSPS) is 44.7. The van der Waals surface area contributed by atoms with Crippen LogP contribution in [0.4, 0.5) is 0 Å². The van der Waals surface area contributed by atoms with Crippen LogP contribution in [0.15, 0.2) is 0 Å². The molecule has 0 spiro atoms. The van der Waals surface area contributed by atoms with Gasteiger partial charge in [-0.3, -0.25) is 0 Å². The largest absolute Gasteiger partial charge is 0.313 e. The lowest BCUT2D eigenvalue weighted by Crippen LogP contribution is -2.64. The number of rotatable bonds is 2. The predicted octanol–water partition coefficient (Wildman–Crippen LogP) is 2.17. The average Bonchev–Trinajstić information content (AvgIpc) is 1.92. The highest BCUT2D eigenvalue weighted by molar-refractivity contribution is 5.03. The molecule has 1 N–H and O–H groups in total. The van der Waals surface area contributed by atoms with Crippen molar-refractivity contribution in [1.29, 1.82) is 0 Å². The monoisotopic (exact) mass is 153 g/mol. The molecular weight excluding hydrogens is 134 g/mol. The third-order valence-electron chi connectivity index (χ3n) is 3.91. The summed E-state index contributed by atoms with van der Waals surface area (Å²) >= 11 is 0. The minimum atomic E-state index is 0.644. The zero-order valence-electron chi connectivity index (χ0n) is 7.69. The van der Waals surface area contributed by atoms with Gasteiger partial charge in [0.25, 0.3) is 0 Å². The summed E-state index contributed by atoms with van der Waals surface area (Å²) in [6, 6.07) is 0.862. The Labute approximate surface area is 69.6 Å². The molecule has 1 heterocycles. The van der Waals surface area contributed by atoms with E-state index < -0.39 is 0 Å². The molecule has 11 heavy (non-hydrogen) atoms. The molecule has 0 aromatic rings. The van der Waals surface area contributed by atoms with E-state index in [9.17, 15) is 0 Å². The van der Waals surface area contributed by atoms with Crippen molar-refractivity contribution in [1.82, 2.24) is 5.32 Å². The summed E-state index contributed by atoms with van der Waals surface area (Å²) in [6.07, 6.45) is 5.78. The van der Waals surface area contributed by atoms with Crippen LogP contribution in [-0.2, 0) is 0 Å². The van der Waals surface area contributed by atoms with Gasteiger partial charge in [-0.1, -0.05) is 20.3 Å². The first-order chi connectivity index (χ1) is 5.26. The van der Waals surface area contributed by atoms with Crippen molar-refractivity contribution in [3.05, 3.63) is 0 Å². The predicted molar refractivity (Wildman–Crippen MR) is 47.5 cm³/mol. The summed E-state index contributed by atoms with van der Waals surface area (Å²) in [7, 11) is 0. The fourth-order valence-electron chi connectivity index (χ4n) is 2.42. The van der Waals surface area contributed by atoms with Crippen LogP contribution in [-0.4, -0.2) is 12.6 Å². The van der Waals surface area contributed by atoms with Crippen LogP contribution in [0.2, 0.25) is 0 Å². The second-order valence-corrected chi connectivity index (χ2v) is 4.56. The molecule has 2 unspecified atom stereocenters. The minimum absolute atomic E-state index is 0.644. The van der Waals surface area contributed by atoms with E-state index in [0.29, 0.717) is 5.41 Å². The maximum absolute atomic E-state index is 3.59. The molecule has 2 atom stereocenters. The molecule has 2 aliphatic rings. The van der Waals surface area contributed by atoms with Crippen LogP contribution in [0.5, 0.6) is 0 Å². The highest BCUT2D eigenvalue weighted by Crippen LogP contribution is 2.43. The van der Waals surface area contributed by atoms with Crippen molar-refractivity contribution in [2.24, 2.45) is 11.3 Å². The van der Waals surface area contributed by atoms with Crippen LogP contribution in [0.1, 0.15) is 39.5 Å². The zero-order valence-corrected chi connectivity index (χ0v) is 7.69. The van der Waals surface area contributed by atoms with E-state index in [1.54, 1.807) is 0 Å². The van der Waals surface area contributed by atoms with Gasteiger partial charge in [0.15, 0.2) is 0 Å². The van der Waals surface area contributed by atoms with E-state index in [2.05, 4.69) is 19.2 Å². The van der Waals surface area contributed by atoms with Crippen LogP contribution in [0, 0.1) is 11.3 Å². The van der Waals surface area contributed by atoms with Crippen LogP contribution < -0.4 is 5.32 Å². The van der Waals surface area contributed by atoms with Crippen molar-refractivity contribution in [3.63, 3.8) is 0 Å². The number of hydrogen-bond acceptors (Lipinski definition) is 1. The molecule has 1 nitrogen and oxygen atoms in total. The van der Waals surface area contributed by atoms with Gasteiger partial charge in [0.1, 0.15) is 0 Å². The molecule has 1 aliphatic heterocycles. The lowest BCUT2D eigenvalue weighted by Gasteiger charge is -2.54. The Kier molecular flexibility index (Phi) is 1.71. The molecule has 2 rings (SSSR count). The lowest BCUT2D eigenvalue weighted by molar-refractivity contribution is 0.0213. The molecule has 0 radical (unpaired) electrons. The number of nitrogens with one attached hydrogen (secondary N) is 1. The molecular formula is C10H19N. The summed E-state index contributed by atoms with van der Waals surface area (Å²) in [5.41, 5.74) is 0.644. The maximum atomic E-state index is 3.59. The Morgan fingerprint density at radius 1 is 1.45 bits per heavy atom. The van der Waals surface area contributed by atoms with E-state index in [1.807, 2.05) is 0 Å². The molecule has 2 fully saturated rings. The van der Waals surface area contributed by atoms with Gasteiger partial charge in [0.2, 0.25) is 0 Å². The molecule has 0 amide bonds. The summed E-state index contributed by atoms with van der Waals surface area (Å²) in [5.74, 6) is 1.02. The second kappa shape index (κ2) is 2.48. The summed E-state index contributed by atoms with van der Waals surface area (Å²) in [4.78, 5) is 0. The first-order valence-corrected chi connectivity index (χ1v) is 4.99. The fourth-order valence-corrected chi connectivity index (χ4v) is 2.42. The highest BCUT2D eigenvalue weighted by atomic mass is 15.0. The summed E-state index contributed by atoms with van der Waals surface area (Å²) < 4.78 is 0. The molecule has 0 aromatic heterocycles. The smallest absolute Gasteiger partial charge is 0.0161 e. The Morgan fingerprint density at radius 2 is 2.18 bits per heavy atom. The second-order valence-electron chi connectivity index (χ2n) is 4.56. The Hall–Kier alpha value is -0.0400. The SMILES string of the molecule is CCC1(C)CNC1C1CCC1. The maximum Gasteiger partial charge on any atom is 0.0161 e. The topological polar surface area (TPSA) is 12.0 Å². The third-order valence-corrected chi connectivity index (χ3v) is 3.91. The van der Waals surface area contributed by atoms with E-state index in [-0.39, 0.29) is 0 Å². The highest BCUT2D eigenvalue weighted by Gasteiger charge is 2.46. The summed E-state index contributed by atoms with van der Waals surface area (Å²) in [5, 5.41) is 3.59. The molecule has 1 aliphatic carbocycles.